The van der Waals surface area contributed by atoms with Gasteiger partial charge >= 0.3 is 0 Å². The number of rotatable bonds is 3. The third-order valence-corrected chi connectivity index (χ3v) is 5.86. The zero-order valence-electron chi connectivity index (χ0n) is 15.7. The number of aromatic nitrogens is 1. The standard InChI is InChI=1S/C20H26FN3OS/c1-20(2,3)19-22-17(14-26-19)13-23-9-4-10-24(12-11-23)18(25)15-5-7-16(21)8-6-15/h5-8,14H,4,9-13H2,1-3H3. The van der Waals surface area contributed by atoms with Crippen LogP contribution in [0.2, 0.25) is 0 Å². The van der Waals surface area contributed by atoms with E-state index in [1.165, 1.54) is 12.1 Å². The van der Waals surface area contributed by atoms with Crippen LogP contribution in [0, 0.1) is 5.82 Å². The second kappa shape index (κ2) is 7.84. The first kappa shape index (κ1) is 19.0. The fraction of sp³-hybridized carbons (Fsp3) is 0.500. The summed E-state index contributed by atoms with van der Waals surface area (Å²) in [5.41, 5.74) is 1.74. The lowest BCUT2D eigenvalue weighted by molar-refractivity contribution is 0.0761. The van der Waals surface area contributed by atoms with Gasteiger partial charge in [0, 0.05) is 49.1 Å². The van der Waals surface area contributed by atoms with E-state index >= 15 is 0 Å². The van der Waals surface area contributed by atoms with E-state index in [4.69, 9.17) is 4.98 Å². The Hall–Kier alpha value is -1.79. The molecule has 0 unspecified atom stereocenters. The van der Waals surface area contributed by atoms with Gasteiger partial charge in [-0.15, -0.1) is 11.3 Å². The van der Waals surface area contributed by atoms with E-state index in [-0.39, 0.29) is 17.1 Å². The van der Waals surface area contributed by atoms with Crippen LogP contribution >= 0.6 is 11.3 Å². The van der Waals surface area contributed by atoms with E-state index in [0.717, 1.165) is 43.3 Å². The lowest BCUT2D eigenvalue weighted by Gasteiger charge is -2.21. The Labute approximate surface area is 158 Å². The molecule has 0 radical (unpaired) electrons. The summed E-state index contributed by atoms with van der Waals surface area (Å²) in [6.07, 6.45) is 0.934. The van der Waals surface area contributed by atoms with Gasteiger partial charge < -0.3 is 4.90 Å². The number of benzene rings is 1. The van der Waals surface area contributed by atoms with Gasteiger partial charge in [-0.2, -0.15) is 0 Å². The number of carbonyl (C=O) groups is 1. The van der Waals surface area contributed by atoms with Crippen molar-refractivity contribution in [2.45, 2.75) is 39.2 Å². The minimum atomic E-state index is -0.318. The fourth-order valence-electron chi connectivity index (χ4n) is 3.06. The fourth-order valence-corrected chi connectivity index (χ4v) is 3.96. The number of thiazole rings is 1. The average Bonchev–Trinajstić information content (AvgIpc) is 2.94. The molecular weight excluding hydrogens is 349 g/mol. The highest BCUT2D eigenvalue weighted by Gasteiger charge is 2.22. The zero-order chi connectivity index (χ0) is 18.7. The van der Waals surface area contributed by atoms with Crippen LogP contribution < -0.4 is 0 Å². The van der Waals surface area contributed by atoms with E-state index in [2.05, 4.69) is 31.1 Å². The highest BCUT2D eigenvalue weighted by atomic mass is 32.1. The molecule has 0 aliphatic carbocycles. The third-order valence-electron chi connectivity index (χ3n) is 4.55. The molecule has 0 bridgehead atoms. The predicted molar refractivity (Wildman–Crippen MR) is 103 cm³/mol. The summed E-state index contributed by atoms with van der Waals surface area (Å²) in [4.78, 5) is 21.6. The molecule has 1 aromatic heterocycles. The molecule has 1 aliphatic rings. The van der Waals surface area contributed by atoms with E-state index < -0.39 is 0 Å². The molecule has 140 valence electrons. The first-order valence-electron chi connectivity index (χ1n) is 9.05. The molecule has 1 aliphatic heterocycles. The molecule has 1 amide bonds. The average molecular weight is 376 g/mol. The van der Waals surface area contributed by atoms with Crippen LogP contribution in [-0.2, 0) is 12.0 Å². The summed E-state index contributed by atoms with van der Waals surface area (Å²) in [6.45, 7) is 10.6. The Kier molecular flexibility index (Phi) is 5.73. The molecule has 1 aromatic carbocycles. The molecule has 1 fully saturated rings. The van der Waals surface area contributed by atoms with Gasteiger partial charge in [-0.1, -0.05) is 20.8 Å². The van der Waals surface area contributed by atoms with Gasteiger partial charge in [0.05, 0.1) is 10.7 Å². The van der Waals surface area contributed by atoms with Gasteiger partial charge in [0.15, 0.2) is 0 Å². The maximum atomic E-state index is 13.1. The van der Waals surface area contributed by atoms with Crippen molar-refractivity contribution in [2.24, 2.45) is 0 Å². The Morgan fingerprint density at radius 1 is 1.15 bits per heavy atom. The first-order valence-corrected chi connectivity index (χ1v) is 9.93. The van der Waals surface area contributed by atoms with Crippen LogP contribution in [-0.4, -0.2) is 46.9 Å². The van der Waals surface area contributed by atoms with Crippen LogP contribution in [0.25, 0.3) is 0 Å². The van der Waals surface area contributed by atoms with Crippen molar-refractivity contribution in [1.29, 1.82) is 0 Å². The molecule has 6 heteroatoms. The van der Waals surface area contributed by atoms with Crippen LogP contribution in [0.5, 0.6) is 0 Å². The molecule has 0 N–H and O–H groups in total. The van der Waals surface area contributed by atoms with Crippen molar-refractivity contribution in [3.8, 4) is 0 Å². The van der Waals surface area contributed by atoms with E-state index in [1.54, 1.807) is 23.5 Å². The Morgan fingerprint density at radius 2 is 1.88 bits per heavy atom. The van der Waals surface area contributed by atoms with Crippen molar-refractivity contribution >= 4 is 17.2 Å². The molecule has 0 spiro atoms. The minimum absolute atomic E-state index is 0.0180. The summed E-state index contributed by atoms with van der Waals surface area (Å²) >= 11 is 1.72. The van der Waals surface area contributed by atoms with Gasteiger partial charge in [0.2, 0.25) is 0 Å². The van der Waals surface area contributed by atoms with Crippen molar-refractivity contribution < 1.29 is 9.18 Å². The highest BCUT2D eigenvalue weighted by Crippen LogP contribution is 2.26. The maximum absolute atomic E-state index is 13.1. The number of hydrogen-bond donors (Lipinski definition) is 0. The Morgan fingerprint density at radius 3 is 2.54 bits per heavy atom. The van der Waals surface area contributed by atoms with Crippen LogP contribution in [0.15, 0.2) is 29.6 Å². The molecule has 1 saturated heterocycles. The molecule has 2 heterocycles. The van der Waals surface area contributed by atoms with Crippen LogP contribution in [0.4, 0.5) is 4.39 Å². The molecular formula is C20H26FN3OS. The third kappa shape index (κ3) is 4.68. The molecule has 26 heavy (non-hydrogen) atoms. The molecule has 4 nitrogen and oxygen atoms in total. The Balaban J connectivity index is 1.58. The van der Waals surface area contributed by atoms with Gasteiger partial charge in [0.25, 0.3) is 5.91 Å². The summed E-state index contributed by atoms with van der Waals surface area (Å²) in [7, 11) is 0. The van der Waals surface area contributed by atoms with Gasteiger partial charge in [-0.05, 0) is 30.7 Å². The number of carbonyl (C=O) groups excluding carboxylic acids is 1. The van der Waals surface area contributed by atoms with E-state index in [1.807, 2.05) is 4.90 Å². The summed E-state index contributed by atoms with van der Waals surface area (Å²) in [5.74, 6) is -0.336. The van der Waals surface area contributed by atoms with Gasteiger partial charge in [0.1, 0.15) is 5.82 Å². The largest absolute Gasteiger partial charge is 0.337 e. The number of nitrogens with zero attached hydrogens (tertiary/aromatic N) is 3. The summed E-state index contributed by atoms with van der Waals surface area (Å²) in [6, 6.07) is 5.80. The lowest BCUT2D eigenvalue weighted by atomic mass is 9.98. The zero-order valence-corrected chi connectivity index (χ0v) is 16.5. The van der Waals surface area contributed by atoms with Crippen molar-refractivity contribution in [1.82, 2.24) is 14.8 Å². The lowest BCUT2D eigenvalue weighted by Crippen LogP contribution is -2.35. The number of amides is 1. The minimum Gasteiger partial charge on any atom is -0.337 e. The molecule has 0 atom stereocenters. The normalized spacial score (nSPS) is 16.5. The predicted octanol–water partition coefficient (Wildman–Crippen LogP) is 3.93. The van der Waals surface area contributed by atoms with Gasteiger partial charge in [-0.25, -0.2) is 9.37 Å². The monoisotopic (exact) mass is 375 g/mol. The molecule has 0 saturated carbocycles. The quantitative estimate of drug-likeness (QED) is 0.816. The first-order chi connectivity index (χ1) is 12.3. The second-order valence-corrected chi connectivity index (χ2v) is 8.68. The van der Waals surface area contributed by atoms with Crippen LogP contribution in [0.3, 0.4) is 0 Å². The Bertz CT molecular complexity index is 751. The number of hydrogen-bond acceptors (Lipinski definition) is 4. The van der Waals surface area contributed by atoms with E-state index in [9.17, 15) is 9.18 Å². The topological polar surface area (TPSA) is 36.4 Å². The van der Waals surface area contributed by atoms with Crippen molar-refractivity contribution in [3.63, 3.8) is 0 Å². The van der Waals surface area contributed by atoms with Crippen LogP contribution in [0.1, 0.15) is 48.3 Å². The van der Waals surface area contributed by atoms with Crippen molar-refractivity contribution in [3.05, 3.63) is 51.7 Å². The maximum Gasteiger partial charge on any atom is 0.253 e. The van der Waals surface area contributed by atoms with Crippen molar-refractivity contribution in [2.75, 3.05) is 26.2 Å². The molecule has 3 rings (SSSR count). The van der Waals surface area contributed by atoms with E-state index in [0.29, 0.717) is 12.1 Å². The smallest absolute Gasteiger partial charge is 0.253 e. The highest BCUT2D eigenvalue weighted by molar-refractivity contribution is 7.09. The summed E-state index contributed by atoms with van der Waals surface area (Å²) in [5, 5.41) is 3.31. The van der Waals surface area contributed by atoms with Gasteiger partial charge in [-0.3, -0.25) is 9.69 Å². The molecule has 2 aromatic rings. The number of halogens is 1. The second-order valence-electron chi connectivity index (χ2n) is 7.82. The summed E-state index contributed by atoms with van der Waals surface area (Å²) < 4.78 is 13.1. The SMILES string of the molecule is CC(C)(C)c1nc(CN2CCCN(C(=O)c3ccc(F)cc3)CC2)cs1.